The Hall–Kier alpha value is -0.870. The number of nitrogens with one attached hydrogen (secondary N) is 2. The van der Waals surface area contributed by atoms with Crippen LogP contribution in [0.25, 0.3) is 0 Å². The maximum atomic E-state index is 12.6. The van der Waals surface area contributed by atoms with E-state index in [1.165, 1.54) is 30.6 Å². The Balaban J connectivity index is 1.42. The fourth-order valence-corrected chi connectivity index (χ4v) is 4.64. The molecule has 2 heterocycles. The molecule has 2 unspecified atom stereocenters. The van der Waals surface area contributed by atoms with Crippen LogP contribution < -0.4 is 10.6 Å². The summed E-state index contributed by atoms with van der Waals surface area (Å²) in [6.45, 7) is 2.17. The summed E-state index contributed by atoms with van der Waals surface area (Å²) in [4.78, 5) is 13.9. The predicted octanol–water partition coefficient (Wildman–Crippen LogP) is 2.71. The van der Waals surface area contributed by atoms with E-state index >= 15 is 0 Å². The minimum Gasteiger partial charge on any atom is -0.348 e. The van der Waals surface area contributed by atoms with Crippen molar-refractivity contribution in [2.75, 3.05) is 13.1 Å². The first kappa shape index (κ1) is 12.8. The number of carbonyl (C=O) groups excluding carboxylic acids is 1. The van der Waals surface area contributed by atoms with E-state index in [2.05, 4.69) is 28.1 Å². The van der Waals surface area contributed by atoms with Crippen molar-refractivity contribution in [2.45, 2.75) is 38.1 Å². The highest BCUT2D eigenvalue weighted by Gasteiger charge is 2.58. The van der Waals surface area contributed by atoms with Gasteiger partial charge in [-0.1, -0.05) is 6.07 Å². The molecule has 2 N–H and O–H groups in total. The van der Waals surface area contributed by atoms with Gasteiger partial charge >= 0.3 is 0 Å². The molecule has 0 bridgehead atoms. The van der Waals surface area contributed by atoms with Gasteiger partial charge in [0, 0.05) is 10.8 Å². The summed E-state index contributed by atoms with van der Waals surface area (Å²) in [5, 5.41) is 8.88. The Morgan fingerprint density at radius 1 is 1.40 bits per heavy atom. The molecule has 3 fully saturated rings. The van der Waals surface area contributed by atoms with Gasteiger partial charge in [0.05, 0.1) is 6.04 Å². The molecule has 1 amide bonds. The summed E-state index contributed by atoms with van der Waals surface area (Å²) < 4.78 is 0. The molecule has 1 aliphatic heterocycles. The van der Waals surface area contributed by atoms with E-state index in [9.17, 15) is 4.79 Å². The quantitative estimate of drug-likeness (QED) is 0.895. The van der Waals surface area contributed by atoms with Gasteiger partial charge in [0.25, 0.3) is 0 Å². The average Bonchev–Trinajstić information content (AvgIpc) is 3.36. The van der Waals surface area contributed by atoms with Crippen molar-refractivity contribution in [1.29, 1.82) is 0 Å². The minimum atomic E-state index is 0.280. The van der Waals surface area contributed by atoms with Gasteiger partial charge in [-0.25, -0.2) is 0 Å². The smallest absolute Gasteiger partial charge is 0.224 e. The van der Waals surface area contributed by atoms with Crippen molar-refractivity contribution in [3.05, 3.63) is 22.4 Å². The molecular weight excluding hydrogens is 268 g/mol. The second-order valence-corrected chi connectivity index (χ2v) is 7.69. The van der Waals surface area contributed by atoms with E-state index in [1.54, 1.807) is 11.3 Å². The molecule has 1 saturated heterocycles. The molecule has 0 radical (unpaired) electrons. The second-order valence-electron chi connectivity index (χ2n) is 6.71. The predicted molar refractivity (Wildman–Crippen MR) is 80.6 cm³/mol. The van der Waals surface area contributed by atoms with Gasteiger partial charge in [0.1, 0.15) is 0 Å². The number of thiophene rings is 1. The van der Waals surface area contributed by atoms with E-state index in [-0.39, 0.29) is 12.0 Å². The van der Waals surface area contributed by atoms with Gasteiger partial charge in [0.15, 0.2) is 0 Å². The molecule has 1 spiro atoms. The summed E-state index contributed by atoms with van der Waals surface area (Å²) in [5.74, 6) is 1.28. The first-order chi connectivity index (χ1) is 9.78. The largest absolute Gasteiger partial charge is 0.348 e. The number of piperidine rings is 1. The van der Waals surface area contributed by atoms with Crippen molar-refractivity contribution >= 4 is 17.2 Å². The third-order valence-corrected chi connectivity index (χ3v) is 6.30. The molecule has 2 saturated carbocycles. The Labute approximate surface area is 124 Å². The number of carbonyl (C=O) groups is 1. The summed E-state index contributed by atoms with van der Waals surface area (Å²) in [6, 6.07) is 4.54. The van der Waals surface area contributed by atoms with Crippen LogP contribution in [0.15, 0.2) is 17.5 Å². The van der Waals surface area contributed by atoms with Gasteiger partial charge in [0.2, 0.25) is 5.91 Å². The molecule has 1 aromatic heterocycles. The van der Waals surface area contributed by atoms with Crippen LogP contribution in [0.4, 0.5) is 0 Å². The van der Waals surface area contributed by atoms with Crippen molar-refractivity contribution in [3.8, 4) is 0 Å². The van der Waals surface area contributed by atoms with Crippen molar-refractivity contribution in [2.24, 2.45) is 17.3 Å². The van der Waals surface area contributed by atoms with Crippen molar-refractivity contribution < 1.29 is 4.79 Å². The molecule has 2 atom stereocenters. The molecule has 4 rings (SSSR count). The van der Waals surface area contributed by atoms with E-state index in [0.29, 0.717) is 17.2 Å². The Morgan fingerprint density at radius 3 is 2.85 bits per heavy atom. The normalized spacial score (nSPS) is 29.1. The molecule has 108 valence electrons. The lowest BCUT2D eigenvalue weighted by molar-refractivity contribution is -0.124. The molecule has 1 aromatic rings. The Bertz CT molecular complexity index is 489. The highest BCUT2D eigenvalue weighted by atomic mass is 32.1. The first-order valence-electron chi connectivity index (χ1n) is 7.83. The number of hydrogen-bond acceptors (Lipinski definition) is 3. The van der Waals surface area contributed by atoms with Gasteiger partial charge < -0.3 is 10.6 Å². The molecule has 20 heavy (non-hydrogen) atoms. The third kappa shape index (κ3) is 2.29. The van der Waals surface area contributed by atoms with E-state index < -0.39 is 0 Å². The van der Waals surface area contributed by atoms with Gasteiger partial charge in [-0.15, -0.1) is 11.3 Å². The Kier molecular flexibility index (Phi) is 3.11. The lowest BCUT2D eigenvalue weighted by Gasteiger charge is -2.24. The van der Waals surface area contributed by atoms with Crippen LogP contribution in [0.5, 0.6) is 0 Å². The molecule has 0 aromatic carbocycles. The van der Waals surface area contributed by atoms with Crippen LogP contribution in [0.2, 0.25) is 0 Å². The van der Waals surface area contributed by atoms with Gasteiger partial charge in [-0.05, 0) is 68.0 Å². The minimum absolute atomic E-state index is 0.280. The highest BCUT2D eigenvalue weighted by Crippen LogP contribution is 2.59. The molecule has 3 nitrogen and oxygen atoms in total. The van der Waals surface area contributed by atoms with Crippen LogP contribution in [0.3, 0.4) is 0 Å². The van der Waals surface area contributed by atoms with Gasteiger partial charge in [-0.2, -0.15) is 0 Å². The van der Waals surface area contributed by atoms with Crippen LogP contribution >= 0.6 is 11.3 Å². The monoisotopic (exact) mass is 290 g/mol. The zero-order valence-electron chi connectivity index (χ0n) is 11.7. The maximum absolute atomic E-state index is 12.6. The molecular formula is C16H22N2OS. The zero-order chi connectivity index (χ0) is 13.6. The average molecular weight is 290 g/mol. The summed E-state index contributed by atoms with van der Waals surface area (Å²) in [6.07, 6.45) is 6.00. The van der Waals surface area contributed by atoms with Crippen molar-refractivity contribution in [3.63, 3.8) is 0 Å². The fraction of sp³-hybridized carbons (Fsp3) is 0.688. The maximum Gasteiger partial charge on any atom is 0.224 e. The summed E-state index contributed by atoms with van der Waals surface area (Å²) in [5.41, 5.74) is 0.346. The SMILES string of the molecule is O=C(NC(c1cccs1)C1CC1)C1CC12CCNCC2. The van der Waals surface area contributed by atoms with Gasteiger partial charge in [-0.3, -0.25) is 4.79 Å². The third-order valence-electron chi connectivity index (χ3n) is 5.35. The Morgan fingerprint density at radius 2 is 2.20 bits per heavy atom. The fourth-order valence-electron chi connectivity index (χ4n) is 3.77. The van der Waals surface area contributed by atoms with Crippen LogP contribution in [0, 0.1) is 17.3 Å². The highest BCUT2D eigenvalue weighted by molar-refractivity contribution is 7.10. The summed E-state index contributed by atoms with van der Waals surface area (Å²) in [7, 11) is 0. The van der Waals surface area contributed by atoms with E-state index in [1.807, 2.05) is 0 Å². The zero-order valence-corrected chi connectivity index (χ0v) is 12.5. The summed E-state index contributed by atoms with van der Waals surface area (Å²) >= 11 is 1.78. The first-order valence-corrected chi connectivity index (χ1v) is 8.71. The molecule has 3 aliphatic rings. The van der Waals surface area contributed by atoms with Crippen LogP contribution in [-0.2, 0) is 4.79 Å². The van der Waals surface area contributed by atoms with Crippen LogP contribution in [0.1, 0.15) is 43.0 Å². The molecule has 4 heteroatoms. The van der Waals surface area contributed by atoms with E-state index in [4.69, 9.17) is 0 Å². The van der Waals surface area contributed by atoms with E-state index in [0.717, 1.165) is 19.5 Å². The topological polar surface area (TPSA) is 41.1 Å². The number of amides is 1. The number of rotatable bonds is 4. The van der Waals surface area contributed by atoms with Crippen molar-refractivity contribution in [1.82, 2.24) is 10.6 Å². The van der Waals surface area contributed by atoms with Crippen LogP contribution in [-0.4, -0.2) is 19.0 Å². The lowest BCUT2D eigenvalue weighted by Crippen LogP contribution is -2.35. The molecule has 2 aliphatic carbocycles. The lowest BCUT2D eigenvalue weighted by atomic mass is 9.91. The second kappa shape index (κ2) is 4.85. The number of hydrogen-bond donors (Lipinski definition) is 2. The standard InChI is InChI=1S/C16H22N2OS/c19-15(12-10-16(12)5-7-17-8-6-16)18-14(11-3-4-11)13-2-1-9-20-13/h1-2,9,11-12,14,17H,3-8,10H2,(H,18,19).